The molecule has 0 saturated carbocycles. The molecule has 1 saturated heterocycles. The van der Waals surface area contributed by atoms with Crippen LogP contribution in [0.25, 0.3) is 0 Å². The molecule has 0 aliphatic carbocycles. The van der Waals surface area contributed by atoms with Crippen molar-refractivity contribution in [3.05, 3.63) is 18.5 Å². The average molecular weight is 267 g/mol. The summed E-state index contributed by atoms with van der Waals surface area (Å²) in [5, 5.41) is 13.3. The third-order valence-electron chi connectivity index (χ3n) is 3.15. The molecule has 19 heavy (non-hydrogen) atoms. The monoisotopic (exact) mass is 267 g/mol. The van der Waals surface area contributed by atoms with Crippen LogP contribution in [-0.4, -0.2) is 57.1 Å². The highest BCUT2D eigenvalue weighted by molar-refractivity contribution is 5.76. The molecule has 1 aliphatic heterocycles. The molecule has 106 valence electrons. The Hall–Kier alpha value is -1.40. The van der Waals surface area contributed by atoms with E-state index in [1.807, 2.05) is 26.1 Å². The average Bonchev–Trinajstić information content (AvgIpc) is 2.87. The summed E-state index contributed by atoms with van der Waals surface area (Å²) in [7, 11) is 0. The molecule has 1 N–H and O–H groups in total. The van der Waals surface area contributed by atoms with Crippen molar-refractivity contribution in [2.75, 3.05) is 19.7 Å². The molecule has 2 heterocycles. The molecular weight excluding hydrogens is 246 g/mol. The Morgan fingerprint density at radius 2 is 2.37 bits per heavy atom. The largest absolute Gasteiger partial charge is 0.394 e. The van der Waals surface area contributed by atoms with Crippen LogP contribution in [0, 0.1) is 0 Å². The number of rotatable bonds is 4. The van der Waals surface area contributed by atoms with Crippen LogP contribution in [0.4, 0.5) is 0 Å². The quantitative estimate of drug-likeness (QED) is 0.850. The Morgan fingerprint density at radius 3 is 3.00 bits per heavy atom. The van der Waals surface area contributed by atoms with E-state index in [4.69, 9.17) is 4.74 Å². The van der Waals surface area contributed by atoms with Gasteiger partial charge in [0.25, 0.3) is 0 Å². The predicted octanol–water partition coefficient (Wildman–Crippen LogP) is 0.272. The molecule has 1 aliphatic rings. The first-order valence-electron chi connectivity index (χ1n) is 6.54. The lowest BCUT2D eigenvalue weighted by atomic mass is 10.0. The van der Waals surface area contributed by atoms with Crippen LogP contribution in [0.5, 0.6) is 0 Å². The van der Waals surface area contributed by atoms with Gasteiger partial charge in [-0.1, -0.05) is 0 Å². The van der Waals surface area contributed by atoms with Crippen LogP contribution in [0.15, 0.2) is 18.5 Å². The SMILES string of the molecule is CC1(C)CN(C(=O)CCn2cccn2)CC(CO)O1. The summed E-state index contributed by atoms with van der Waals surface area (Å²) in [6.45, 7) is 5.39. The number of morpholine rings is 1. The number of amides is 1. The van der Waals surface area contributed by atoms with E-state index in [0.717, 1.165) is 0 Å². The van der Waals surface area contributed by atoms with Crippen molar-refractivity contribution in [1.29, 1.82) is 0 Å². The fourth-order valence-corrected chi connectivity index (χ4v) is 2.38. The minimum absolute atomic E-state index is 0.0631. The zero-order valence-corrected chi connectivity index (χ0v) is 11.5. The zero-order chi connectivity index (χ0) is 13.9. The van der Waals surface area contributed by atoms with Crippen LogP contribution in [0.2, 0.25) is 0 Å². The van der Waals surface area contributed by atoms with E-state index < -0.39 is 5.60 Å². The normalized spacial score (nSPS) is 22.5. The molecule has 0 bridgehead atoms. The van der Waals surface area contributed by atoms with E-state index in [0.29, 0.717) is 26.1 Å². The van der Waals surface area contributed by atoms with Crippen LogP contribution in [0.3, 0.4) is 0 Å². The highest BCUT2D eigenvalue weighted by Gasteiger charge is 2.34. The second-order valence-corrected chi connectivity index (χ2v) is 5.48. The maximum Gasteiger partial charge on any atom is 0.224 e. The molecular formula is C13H21N3O3. The lowest BCUT2D eigenvalue weighted by Crippen LogP contribution is -2.55. The minimum Gasteiger partial charge on any atom is -0.394 e. The summed E-state index contributed by atoms with van der Waals surface area (Å²) in [4.78, 5) is 14.0. The molecule has 6 heteroatoms. The third-order valence-corrected chi connectivity index (χ3v) is 3.15. The molecule has 1 amide bonds. The number of aliphatic hydroxyl groups excluding tert-OH is 1. The highest BCUT2D eigenvalue weighted by Crippen LogP contribution is 2.21. The summed E-state index contributed by atoms with van der Waals surface area (Å²) in [5.41, 5.74) is -0.410. The lowest BCUT2D eigenvalue weighted by molar-refractivity contribution is -0.167. The highest BCUT2D eigenvalue weighted by atomic mass is 16.5. The van der Waals surface area contributed by atoms with Gasteiger partial charge in [0.05, 0.1) is 18.3 Å². The third kappa shape index (κ3) is 3.78. The number of hydrogen-bond acceptors (Lipinski definition) is 4. The molecule has 1 atom stereocenters. The molecule has 1 aromatic rings. The summed E-state index contributed by atoms with van der Waals surface area (Å²) < 4.78 is 7.44. The molecule has 1 fully saturated rings. The van der Waals surface area contributed by atoms with Crippen molar-refractivity contribution in [2.24, 2.45) is 0 Å². The fraction of sp³-hybridized carbons (Fsp3) is 0.692. The second kappa shape index (κ2) is 5.71. The van der Waals surface area contributed by atoms with Gasteiger partial charge in [-0.25, -0.2) is 0 Å². The molecule has 6 nitrogen and oxygen atoms in total. The van der Waals surface area contributed by atoms with Gasteiger partial charge in [-0.15, -0.1) is 0 Å². The molecule has 0 aromatic carbocycles. The van der Waals surface area contributed by atoms with Crippen molar-refractivity contribution in [1.82, 2.24) is 14.7 Å². The number of carbonyl (C=O) groups excluding carboxylic acids is 1. The van der Waals surface area contributed by atoms with Gasteiger partial charge in [-0.2, -0.15) is 5.10 Å². The van der Waals surface area contributed by atoms with E-state index in [9.17, 15) is 9.90 Å². The van der Waals surface area contributed by atoms with Crippen LogP contribution >= 0.6 is 0 Å². The Balaban J connectivity index is 1.90. The number of carbonyl (C=O) groups is 1. The van der Waals surface area contributed by atoms with Crippen LogP contribution < -0.4 is 0 Å². The summed E-state index contributed by atoms with van der Waals surface area (Å²) in [5.74, 6) is 0.0744. The van der Waals surface area contributed by atoms with Gasteiger partial charge in [0.1, 0.15) is 0 Å². The standard InChI is InChI=1S/C13H21N3O3/c1-13(2)10-15(8-11(9-17)19-13)12(18)4-7-16-6-3-5-14-16/h3,5-6,11,17H,4,7-10H2,1-2H3. The first-order valence-corrected chi connectivity index (χ1v) is 6.54. The minimum atomic E-state index is -0.410. The van der Waals surface area contributed by atoms with E-state index in [-0.39, 0.29) is 18.6 Å². The van der Waals surface area contributed by atoms with Gasteiger partial charge in [-0.05, 0) is 19.9 Å². The first-order chi connectivity index (χ1) is 9.00. The topological polar surface area (TPSA) is 67.6 Å². The van der Waals surface area contributed by atoms with Crippen molar-refractivity contribution < 1.29 is 14.6 Å². The molecule has 0 spiro atoms. The first kappa shape index (κ1) is 14.0. The number of nitrogens with zero attached hydrogens (tertiary/aromatic N) is 3. The van der Waals surface area contributed by atoms with Gasteiger partial charge in [0.2, 0.25) is 5.91 Å². The smallest absolute Gasteiger partial charge is 0.224 e. The Labute approximate surface area is 113 Å². The zero-order valence-electron chi connectivity index (χ0n) is 11.5. The van der Waals surface area contributed by atoms with Crippen LogP contribution in [0.1, 0.15) is 20.3 Å². The van der Waals surface area contributed by atoms with E-state index in [1.165, 1.54) is 0 Å². The van der Waals surface area contributed by atoms with E-state index in [1.54, 1.807) is 15.8 Å². The maximum atomic E-state index is 12.2. The summed E-state index contributed by atoms with van der Waals surface area (Å²) in [6, 6.07) is 1.84. The van der Waals surface area contributed by atoms with Gasteiger partial charge in [0.15, 0.2) is 0 Å². The van der Waals surface area contributed by atoms with Crippen molar-refractivity contribution in [3.63, 3.8) is 0 Å². The van der Waals surface area contributed by atoms with Gasteiger partial charge < -0.3 is 14.7 Å². The molecule has 0 radical (unpaired) electrons. The number of aromatic nitrogens is 2. The van der Waals surface area contributed by atoms with E-state index >= 15 is 0 Å². The number of ether oxygens (including phenoxy) is 1. The van der Waals surface area contributed by atoms with E-state index in [2.05, 4.69) is 5.10 Å². The number of aliphatic hydroxyl groups is 1. The Kier molecular flexibility index (Phi) is 4.21. The fourth-order valence-electron chi connectivity index (χ4n) is 2.38. The van der Waals surface area contributed by atoms with Crippen molar-refractivity contribution in [2.45, 2.75) is 38.5 Å². The number of hydrogen-bond donors (Lipinski definition) is 1. The second-order valence-electron chi connectivity index (χ2n) is 5.48. The van der Waals surface area contributed by atoms with Gasteiger partial charge in [-0.3, -0.25) is 9.48 Å². The molecule has 1 unspecified atom stereocenters. The Morgan fingerprint density at radius 1 is 1.58 bits per heavy atom. The molecule has 2 rings (SSSR count). The predicted molar refractivity (Wildman–Crippen MR) is 69.5 cm³/mol. The van der Waals surface area contributed by atoms with Crippen LogP contribution in [-0.2, 0) is 16.1 Å². The van der Waals surface area contributed by atoms with Gasteiger partial charge >= 0.3 is 0 Å². The lowest BCUT2D eigenvalue weighted by Gasteiger charge is -2.42. The molecule has 1 aromatic heterocycles. The Bertz CT molecular complexity index is 417. The maximum absolute atomic E-state index is 12.2. The summed E-state index contributed by atoms with van der Waals surface area (Å²) >= 11 is 0. The number of aryl methyl sites for hydroxylation is 1. The van der Waals surface area contributed by atoms with Gasteiger partial charge in [0, 0.05) is 38.4 Å². The van der Waals surface area contributed by atoms with Crippen molar-refractivity contribution in [3.8, 4) is 0 Å². The van der Waals surface area contributed by atoms with Crippen molar-refractivity contribution >= 4 is 5.91 Å². The summed E-state index contributed by atoms with van der Waals surface area (Å²) in [6.07, 6.45) is 3.66.